The number of carboxylic acid groups (broad SMARTS) is 1. The Morgan fingerprint density at radius 1 is 1.04 bits per heavy atom. The highest BCUT2D eigenvalue weighted by molar-refractivity contribution is 5.99. The second-order valence-electron chi connectivity index (χ2n) is 11.0. The number of rotatable bonds is 10. The van der Waals surface area contributed by atoms with Crippen LogP contribution in [0.15, 0.2) is 65.4 Å². The van der Waals surface area contributed by atoms with Crippen LogP contribution in [-0.4, -0.2) is 66.4 Å². The molecule has 1 fully saturated rings. The summed E-state index contributed by atoms with van der Waals surface area (Å²) in [7, 11) is 0. The van der Waals surface area contributed by atoms with E-state index in [1.165, 1.54) is 0 Å². The fourth-order valence-corrected chi connectivity index (χ4v) is 5.46. The van der Waals surface area contributed by atoms with Crippen LogP contribution in [0.5, 0.6) is 0 Å². The molecule has 8 N–H and O–H groups in total. The highest BCUT2D eigenvalue weighted by atomic mass is 19.4. The van der Waals surface area contributed by atoms with Gasteiger partial charge in [0.1, 0.15) is 5.52 Å². The Kier molecular flexibility index (Phi) is 10.2. The number of fused-ring (bicyclic) bond motifs is 1. The lowest BCUT2D eigenvalue weighted by Crippen LogP contribution is -2.32. The molecule has 3 aromatic heterocycles. The number of aromatic nitrogens is 5. The lowest BCUT2D eigenvalue weighted by atomic mass is 10.1. The molecule has 1 aliphatic carbocycles. The van der Waals surface area contributed by atoms with Crippen molar-refractivity contribution < 1.29 is 32.8 Å². The maximum absolute atomic E-state index is 10.8. The molecular weight excluding hydrogens is 619 g/mol. The van der Waals surface area contributed by atoms with Crippen LogP contribution < -0.4 is 22.1 Å². The third kappa shape index (κ3) is 7.96. The minimum Gasteiger partial charge on any atom is -0.475 e. The molecule has 1 atom stereocenters. The quantitative estimate of drug-likeness (QED) is 0.114. The number of nitrogens with zero attached hydrogens (tertiary/aromatic N) is 5. The Bertz CT molecular complexity index is 1810. The molecule has 13 nitrogen and oxygen atoms in total. The number of carbonyl (C=O) groups is 1. The second-order valence-corrected chi connectivity index (χ2v) is 11.0. The van der Waals surface area contributed by atoms with Crippen molar-refractivity contribution in [3.05, 3.63) is 66.4 Å². The lowest BCUT2D eigenvalue weighted by molar-refractivity contribution is -0.192. The maximum Gasteiger partial charge on any atom is 0.490 e. The van der Waals surface area contributed by atoms with Gasteiger partial charge in [0.25, 0.3) is 0 Å². The van der Waals surface area contributed by atoms with Gasteiger partial charge in [-0.1, -0.05) is 55.3 Å². The average molecular weight is 654 g/mol. The lowest BCUT2D eigenvalue weighted by Gasteiger charge is -2.19. The van der Waals surface area contributed by atoms with Gasteiger partial charge in [0.05, 0.1) is 29.2 Å². The highest BCUT2D eigenvalue weighted by Crippen LogP contribution is 2.41. The van der Waals surface area contributed by atoms with E-state index in [0.717, 1.165) is 64.9 Å². The molecule has 248 valence electrons. The topological polar surface area (TPSA) is 203 Å². The molecule has 0 spiro atoms. The standard InChI is InChI=1S/C29H33N9O2.C2HF3O2/c30-20-10-6-7-18(13-20)14-32-15-22(39)16-33-23-17-34-24(19-8-2-1-3-9-19)25-27(23)38(21-11-4-5-12-21)29(35-25)26-28(31)37-40-36-26;3-2(4,5)1(6)7/h1-3,6-10,13,17,21-22,32-33,39H,4-5,11-12,14-16,30H2,(H2,31,37);(H,6,7). The molecule has 0 aliphatic heterocycles. The number of benzene rings is 2. The normalized spacial score (nSPS) is 14.1. The zero-order valence-electron chi connectivity index (χ0n) is 25.1. The Balaban J connectivity index is 0.000000559. The summed E-state index contributed by atoms with van der Waals surface area (Å²) in [6.45, 7) is 1.35. The molecule has 0 saturated heterocycles. The van der Waals surface area contributed by atoms with E-state index in [0.29, 0.717) is 31.2 Å². The zero-order valence-corrected chi connectivity index (χ0v) is 25.1. The summed E-state index contributed by atoms with van der Waals surface area (Å²) in [5, 5.41) is 32.5. The molecule has 0 radical (unpaired) electrons. The molecule has 0 bridgehead atoms. The molecule has 1 unspecified atom stereocenters. The summed E-state index contributed by atoms with van der Waals surface area (Å²) in [6, 6.07) is 17.9. The van der Waals surface area contributed by atoms with E-state index in [1.807, 2.05) is 60.8 Å². The fraction of sp³-hybridized carbons (Fsp3) is 0.323. The van der Waals surface area contributed by atoms with Crippen LogP contribution in [0.4, 0.5) is 30.4 Å². The van der Waals surface area contributed by atoms with Gasteiger partial charge in [-0.2, -0.15) is 13.2 Å². The second kappa shape index (κ2) is 14.5. The van der Waals surface area contributed by atoms with Crippen molar-refractivity contribution >= 4 is 34.2 Å². The van der Waals surface area contributed by atoms with E-state index in [-0.39, 0.29) is 11.9 Å². The number of aliphatic hydroxyl groups is 1. The number of imidazole rings is 1. The van der Waals surface area contributed by atoms with Gasteiger partial charge in [0.2, 0.25) is 0 Å². The Hall–Kier alpha value is -5.22. The van der Waals surface area contributed by atoms with Crippen molar-refractivity contribution in [2.75, 3.05) is 29.9 Å². The van der Waals surface area contributed by atoms with E-state index < -0.39 is 18.2 Å². The summed E-state index contributed by atoms with van der Waals surface area (Å²) in [4.78, 5) is 18.8. The fourth-order valence-electron chi connectivity index (χ4n) is 5.46. The number of carboxylic acids is 1. The third-order valence-corrected chi connectivity index (χ3v) is 7.61. The van der Waals surface area contributed by atoms with Crippen LogP contribution in [0.3, 0.4) is 0 Å². The smallest absolute Gasteiger partial charge is 0.475 e. The number of hydrogen-bond donors (Lipinski definition) is 6. The van der Waals surface area contributed by atoms with Gasteiger partial charge >= 0.3 is 12.1 Å². The van der Waals surface area contributed by atoms with Crippen molar-refractivity contribution in [3.8, 4) is 22.8 Å². The van der Waals surface area contributed by atoms with Gasteiger partial charge in [-0.25, -0.2) is 14.4 Å². The first-order chi connectivity index (χ1) is 22.5. The minimum absolute atomic E-state index is 0.194. The number of pyridine rings is 1. The first-order valence-corrected chi connectivity index (χ1v) is 14.8. The summed E-state index contributed by atoms with van der Waals surface area (Å²) < 4.78 is 38.9. The van der Waals surface area contributed by atoms with E-state index >= 15 is 0 Å². The predicted octanol–water partition coefficient (Wildman–Crippen LogP) is 4.62. The van der Waals surface area contributed by atoms with Gasteiger partial charge in [0, 0.05) is 36.9 Å². The number of nitrogen functional groups attached to an aromatic ring is 2. The van der Waals surface area contributed by atoms with E-state index in [2.05, 4.69) is 25.5 Å². The van der Waals surface area contributed by atoms with Crippen LogP contribution in [0.2, 0.25) is 0 Å². The molecule has 1 saturated carbocycles. The Labute approximate surface area is 266 Å². The Morgan fingerprint density at radius 3 is 2.40 bits per heavy atom. The molecule has 1 aliphatic rings. The van der Waals surface area contributed by atoms with Crippen LogP contribution >= 0.6 is 0 Å². The molecule has 3 heterocycles. The molecule has 6 rings (SSSR count). The molecule has 16 heteroatoms. The molecule has 5 aromatic rings. The first kappa shape index (κ1) is 33.2. The number of alkyl halides is 3. The molecule has 2 aromatic carbocycles. The van der Waals surface area contributed by atoms with Crippen LogP contribution in [0, 0.1) is 0 Å². The highest BCUT2D eigenvalue weighted by Gasteiger charge is 2.38. The molecular formula is C31H34F3N9O4. The number of aliphatic carboxylic acids is 1. The van der Waals surface area contributed by atoms with Gasteiger partial charge < -0.3 is 36.9 Å². The number of halogens is 3. The van der Waals surface area contributed by atoms with Crippen molar-refractivity contribution in [1.82, 2.24) is 30.2 Å². The van der Waals surface area contributed by atoms with Crippen molar-refractivity contribution in [2.24, 2.45) is 0 Å². The average Bonchev–Trinajstić information content (AvgIpc) is 3.80. The SMILES string of the molecule is Nc1cccc(CNCC(O)CNc2cnc(-c3ccccc3)c3nc(-c4nonc4N)n(C4CCCC4)c23)c1.O=C(O)C(F)(F)F. The van der Waals surface area contributed by atoms with E-state index in [4.69, 9.17) is 36.0 Å². The summed E-state index contributed by atoms with van der Waals surface area (Å²) in [5.41, 5.74) is 18.4. The Morgan fingerprint density at radius 2 is 1.77 bits per heavy atom. The monoisotopic (exact) mass is 653 g/mol. The van der Waals surface area contributed by atoms with Gasteiger partial charge in [-0.3, -0.25) is 4.98 Å². The summed E-state index contributed by atoms with van der Waals surface area (Å²) >= 11 is 0. The van der Waals surface area contributed by atoms with E-state index in [1.54, 1.807) is 0 Å². The number of nitrogens with two attached hydrogens (primary N) is 2. The van der Waals surface area contributed by atoms with Gasteiger partial charge in [-0.05, 0) is 40.9 Å². The largest absolute Gasteiger partial charge is 0.490 e. The van der Waals surface area contributed by atoms with Gasteiger partial charge in [0.15, 0.2) is 17.3 Å². The third-order valence-electron chi connectivity index (χ3n) is 7.61. The van der Waals surface area contributed by atoms with Crippen molar-refractivity contribution in [2.45, 2.75) is 50.6 Å². The number of hydrogen-bond acceptors (Lipinski definition) is 11. The van der Waals surface area contributed by atoms with Crippen LogP contribution in [0.25, 0.3) is 33.8 Å². The number of anilines is 3. The summed E-state index contributed by atoms with van der Waals surface area (Å²) in [5.74, 6) is -1.95. The van der Waals surface area contributed by atoms with Crippen LogP contribution in [-0.2, 0) is 11.3 Å². The summed E-state index contributed by atoms with van der Waals surface area (Å²) in [6.07, 6.45) is 0.396. The van der Waals surface area contributed by atoms with Crippen LogP contribution in [0.1, 0.15) is 37.3 Å². The molecule has 0 amide bonds. The zero-order chi connectivity index (χ0) is 33.6. The minimum atomic E-state index is -5.08. The van der Waals surface area contributed by atoms with Crippen molar-refractivity contribution in [3.63, 3.8) is 0 Å². The van der Waals surface area contributed by atoms with Crippen molar-refractivity contribution in [1.29, 1.82) is 0 Å². The number of aliphatic hydroxyl groups excluding tert-OH is 1. The first-order valence-electron chi connectivity index (χ1n) is 14.8. The maximum atomic E-state index is 10.8. The van der Waals surface area contributed by atoms with E-state index in [9.17, 15) is 18.3 Å². The number of nitrogens with one attached hydrogen (secondary N) is 2. The molecule has 47 heavy (non-hydrogen) atoms. The van der Waals surface area contributed by atoms with Gasteiger partial charge in [-0.15, -0.1) is 0 Å². The predicted molar refractivity (Wildman–Crippen MR) is 169 cm³/mol.